The molecular formula is C17H26N5O4S2+. The molecule has 0 saturated carbocycles. The molecule has 154 valence electrons. The van der Waals surface area contributed by atoms with Crippen molar-refractivity contribution in [2.75, 3.05) is 37.0 Å². The molecule has 0 spiro atoms. The van der Waals surface area contributed by atoms with E-state index in [0.29, 0.717) is 48.4 Å². The molecule has 1 aromatic carbocycles. The highest BCUT2D eigenvalue weighted by atomic mass is 32.2. The van der Waals surface area contributed by atoms with E-state index in [1.54, 1.807) is 31.2 Å². The summed E-state index contributed by atoms with van der Waals surface area (Å²) in [4.78, 5) is 18.6. The van der Waals surface area contributed by atoms with Crippen molar-refractivity contribution in [1.82, 2.24) is 9.71 Å². The summed E-state index contributed by atoms with van der Waals surface area (Å²) < 4.78 is 32.0. The van der Waals surface area contributed by atoms with Crippen LogP contribution in [0.3, 0.4) is 0 Å². The Hall–Kier alpha value is -2.21. The highest BCUT2D eigenvalue weighted by molar-refractivity contribution is 7.91. The SMILES string of the molecule is CCOc1ccc(NC(=O)N(CCC[NH3+])c2nc(C)c(S(=O)(=O)NC)s2)cc1. The van der Waals surface area contributed by atoms with Crippen molar-refractivity contribution in [3.05, 3.63) is 30.0 Å². The third-order valence-electron chi connectivity index (χ3n) is 3.78. The van der Waals surface area contributed by atoms with Crippen molar-refractivity contribution in [3.63, 3.8) is 0 Å². The van der Waals surface area contributed by atoms with Crippen molar-refractivity contribution in [2.24, 2.45) is 0 Å². The Kier molecular flexibility index (Phi) is 7.75. The fourth-order valence-electron chi connectivity index (χ4n) is 2.37. The summed E-state index contributed by atoms with van der Waals surface area (Å²) >= 11 is 0.961. The van der Waals surface area contributed by atoms with Crippen molar-refractivity contribution < 1.29 is 23.7 Å². The summed E-state index contributed by atoms with van der Waals surface area (Å²) in [6.45, 7) is 5.08. The molecule has 2 rings (SSSR count). The van der Waals surface area contributed by atoms with Gasteiger partial charge in [0.1, 0.15) is 5.75 Å². The molecule has 1 heterocycles. The maximum absolute atomic E-state index is 12.8. The second kappa shape index (κ2) is 9.82. The van der Waals surface area contributed by atoms with Crippen LogP contribution in [-0.4, -0.2) is 46.2 Å². The predicted octanol–water partition coefficient (Wildman–Crippen LogP) is 1.43. The number of hydrogen-bond acceptors (Lipinski definition) is 6. The maximum atomic E-state index is 12.8. The number of sulfonamides is 1. The normalized spacial score (nSPS) is 11.3. The number of carbonyl (C=O) groups is 1. The van der Waals surface area contributed by atoms with E-state index in [0.717, 1.165) is 11.3 Å². The van der Waals surface area contributed by atoms with Crippen LogP contribution in [-0.2, 0) is 10.0 Å². The molecule has 0 fully saturated rings. The third-order valence-corrected chi connectivity index (χ3v) is 6.98. The smallest absolute Gasteiger partial charge is 0.328 e. The number of anilines is 2. The van der Waals surface area contributed by atoms with Crippen molar-refractivity contribution in [2.45, 2.75) is 24.5 Å². The first-order valence-corrected chi connectivity index (χ1v) is 11.1. The number of aryl methyl sites for hydroxylation is 1. The maximum Gasteiger partial charge on any atom is 0.328 e. The lowest BCUT2D eigenvalue weighted by atomic mass is 10.3. The fourth-order valence-corrected chi connectivity index (χ4v) is 4.73. The molecular weight excluding hydrogens is 402 g/mol. The number of urea groups is 1. The standard InChI is InChI=1S/C17H25N5O4S2/c1-4-26-14-8-6-13(7-9-14)21-16(23)22(11-5-10-18)17-20-12(2)15(27-17)28(24,25)19-3/h6-9,19H,4-5,10-11,18H2,1-3H3,(H,21,23)/p+1. The summed E-state index contributed by atoms with van der Waals surface area (Å²) in [5, 5.41) is 3.14. The zero-order valence-corrected chi connectivity index (χ0v) is 17.8. The van der Waals surface area contributed by atoms with E-state index < -0.39 is 10.0 Å². The first kappa shape index (κ1) is 22.1. The fraction of sp³-hybridized carbons (Fsp3) is 0.412. The number of rotatable bonds is 9. The summed E-state index contributed by atoms with van der Waals surface area (Å²) in [6.07, 6.45) is 0.656. The lowest BCUT2D eigenvalue weighted by Crippen LogP contribution is -2.51. The Morgan fingerprint density at radius 2 is 2.00 bits per heavy atom. The molecule has 2 aromatic rings. The van der Waals surface area contributed by atoms with E-state index in [1.165, 1.54) is 11.9 Å². The summed E-state index contributed by atoms with van der Waals surface area (Å²) in [7, 11) is -2.29. The van der Waals surface area contributed by atoms with Gasteiger partial charge in [-0.2, -0.15) is 0 Å². The van der Waals surface area contributed by atoms with Gasteiger partial charge in [-0.05, 0) is 45.2 Å². The molecule has 5 N–H and O–H groups in total. The van der Waals surface area contributed by atoms with E-state index in [2.05, 4.69) is 20.8 Å². The molecule has 0 atom stereocenters. The minimum absolute atomic E-state index is 0.0958. The topological polar surface area (TPSA) is 128 Å². The Labute approximate surface area is 169 Å². The van der Waals surface area contributed by atoms with Crippen LogP contribution in [0, 0.1) is 6.92 Å². The monoisotopic (exact) mass is 428 g/mol. The van der Waals surface area contributed by atoms with Crippen LogP contribution in [0.5, 0.6) is 5.75 Å². The Morgan fingerprint density at radius 3 is 2.57 bits per heavy atom. The number of amides is 2. The number of carbonyl (C=O) groups excluding carboxylic acids is 1. The van der Waals surface area contributed by atoms with Crippen molar-refractivity contribution >= 4 is 38.2 Å². The molecule has 1 aromatic heterocycles. The van der Waals surface area contributed by atoms with Crippen molar-refractivity contribution in [1.29, 1.82) is 0 Å². The molecule has 28 heavy (non-hydrogen) atoms. The number of nitrogens with zero attached hydrogens (tertiary/aromatic N) is 2. The highest BCUT2D eigenvalue weighted by Crippen LogP contribution is 2.30. The van der Waals surface area contributed by atoms with Crippen LogP contribution in [0.25, 0.3) is 0 Å². The minimum atomic E-state index is -3.64. The predicted molar refractivity (Wildman–Crippen MR) is 109 cm³/mol. The number of aromatic nitrogens is 1. The molecule has 0 bridgehead atoms. The van der Waals surface area contributed by atoms with Crippen LogP contribution in [0.15, 0.2) is 28.5 Å². The lowest BCUT2D eigenvalue weighted by molar-refractivity contribution is -0.367. The highest BCUT2D eigenvalue weighted by Gasteiger charge is 2.25. The van der Waals surface area contributed by atoms with Crippen LogP contribution in [0.1, 0.15) is 19.0 Å². The first-order chi connectivity index (χ1) is 13.3. The zero-order chi connectivity index (χ0) is 20.7. The van der Waals surface area contributed by atoms with Gasteiger partial charge in [-0.25, -0.2) is 22.9 Å². The molecule has 11 heteroatoms. The molecule has 9 nitrogen and oxygen atoms in total. The van der Waals surface area contributed by atoms with Crippen LogP contribution >= 0.6 is 11.3 Å². The van der Waals surface area contributed by atoms with Gasteiger partial charge in [0.15, 0.2) is 9.34 Å². The van der Waals surface area contributed by atoms with Gasteiger partial charge in [-0.1, -0.05) is 11.3 Å². The number of hydrogen-bond donors (Lipinski definition) is 3. The van der Waals surface area contributed by atoms with E-state index in [-0.39, 0.29) is 10.2 Å². The van der Waals surface area contributed by atoms with Gasteiger partial charge in [0.05, 0.1) is 18.8 Å². The van der Waals surface area contributed by atoms with Gasteiger partial charge in [0, 0.05) is 18.7 Å². The van der Waals surface area contributed by atoms with E-state index in [4.69, 9.17) is 4.74 Å². The Balaban J connectivity index is 2.25. The van der Waals surface area contributed by atoms with Gasteiger partial charge in [0.25, 0.3) is 10.0 Å². The van der Waals surface area contributed by atoms with Gasteiger partial charge < -0.3 is 15.8 Å². The molecule has 0 aliphatic carbocycles. The van der Waals surface area contributed by atoms with Gasteiger partial charge in [-0.15, -0.1) is 0 Å². The second-order valence-electron chi connectivity index (χ2n) is 5.82. The first-order valence-electron chi connectivity index (χ1n) is 8.84. The summed E-state index contributed by atoms with van der Waals surface area (Å²) in [5.41, 5.74) is 4.75. The largest absolute Gasteiger partial charge is 0.494 e. The minimum Gasteiger partial charge on any atom is -0.494 e. The average Bonchev–Trinajstić information content (AvgIpc) is 3.06. The number of ether oxygens (including phenoxy) is 1. The summed E-state index contributed by atoms with van der Waals surface area (Å²) in [6, 6.07) is 6.63. The number of quaternary nitrogens is 1. The molecule has 0 aliphatic heterocycles. The van der Waals surface area contributed by atoms with E-state index >= 15 is 0 Å². The van der Waals surface area contributed by atoms with Crippen molar-refractivity contribution in [3.8, 4) is 5.75 Å². The van der Waals surface area contributed by atoms with Crippen LogP contribution < -0.4 is 25.4 Å². The molecule has 0 saturated heterocycles. The Morgan fingerprint density at radius 1 is 1.32 bits per heavy atom. The molecule has 0 aliphatic rings. The zero-order valence-electron chi connectivity index (χ0n) is 16.2. The number of nitrogens with one attached hydrogen (secondary N) is 2. The molecule has 2 amide bonds. The van der Waals surface area contributed by atoms with Gasteiger partial charge in [0.2, 0.25) is 0 Å². The van der Waals surface area contributed by atoms with Gasteiger partial charge >= 0.3 is 6.03 Å². The molecule has 0 unspecified atom stereocenters. The van der Waals surface area contributed by atoms with E-state index in [9.17, 15) is 13.2 Å². The van der Waals surface area contributed by atoms with Crippen LogP contribution in [0.4, 0.5) is 15.6 Å². The number of thiazole rings is 1. The van der Waals surface area contributed by atoms with Gasteiger partial charge in [-0.3, -0.25) is 4.90 Å². The third kappa shape index (κ3) is 5.41. The molecule has 0 radical (unpaired) electrons. The number of benzene rings is 1. The average molecular weight is 429 g/mol. The lowest BCUT2D eigenvalue weighted by Gasteiger charge is -2.20. The van der Waals surface area contributed by atoms with E-state index in [1.807, 2.05) is 6.92 Å². The quantitative estimate of drug-likeness (QED) is 0.556. The summed E-state index contributed by atoms with van der Waals surface area (Å²) in [5.74, 6) is 0.715. The Bertz CT molecular complexity index is 897. The second-order valence-corrected chi connectivity index (χ2v) is 8.88. The van der Waals surface area contributed by atoms with Crippen LogP contribution in [0.2, 0.25) is 0 Å².